The minimum Gasteiger partial charge on any atom is -0.444 e. The molecule has 5 nitrogen and oxygen atoms in total. The Morgan fingerprint density at radius 2 is 1.93 bits per heavy atom. The number of amides is 2. The quantitative estimate of drug-likeness (QED) is 0.800. The van der Waals surface area contributed by atoms with Crippen molar-refractivity contribution in [3.05, 3.63) is 29.3 Å². The lowest BCUT2D eigenvalue weighted by atomic mass is 9.49. The van der Waals surface area contributed by atoms with Crippen LogP contribution in [0.5, 0.6) is 0 Å². The van der Waals surface area contributed by atoms with E-state index in [0.29, 0.717) is 0 Å². The van der Waals surface area contributed by atoms with Gasteiger partial charge in [0.05, 0.1) is 0 Å². The van der Waals surface area contributed by atoms with Gasteiger partial charge < -0.3 is 10.5 Å². The van der Waals surface area contributed by atoms with Gasteiger partial charge in [-0.3, -0.25) is 10.1 Å². The van der Waals surface area contributed by atoms with Gasteiger partial charge in [-0.25, -0.2) is 4.79 Å². The summed E-state index contributed by atoms with van der Waals surface area (Å²) in [5.74, 6) is 0.0328. The average Bonchev–Trinajstić information content (AvgIpc) is 2.53. The van der Waals surface area contributed by atoms with E-state index in [1.165, 1.54) is 11.1 Å². The van der Waals surface area contributed by atoms with Crippen LogP contribution in [0.1, 0.15) is 71.4 Å². The number of benzene rings is 1. The van der Waals surface area contributed by atoms with Crippen molar-refractivity contribution in [1.82, 2.24) is 0 Å². The minimum absolute atomic E-state index is 0.110. The number of nitrogens with two attached hydrogens (primary N) is 1. The molecule has 3 rings (SSSR count). The lowest BCUT2D eigenvalue weighted by Crippen LogP contribution is -2.54. The Kier molecular flexibility index (Phi) is 4.77. The Balaban J connectivity index is 1.93. The molecule has 2 amide bonds. The molecule has 0 spiro atoms. The molecular formula is C22H32N2O3. The fraction of sp³-hybridized carbons (Fsp3) is 0.636. The molecule has 0 bridgehead atoms. The predicted octanol–water partition coefficient (Wildman–Crippen LogP) is 4.53. The normalized spacial score (nSPS) is 30.0. The number of hydrogen-bond donors (Lipinski definition) is 2. The Morgan fingerprint density at radius 1 is 1.22 bits per heavy atom. The molecule has 3 atom stereocenters. The summed E-state index contributed by atoms with van der Waals surface area (Å²) in [6, 6.07) is 6.10. The summed E-state index contributed by atoms with van der Waals surface area (Å²) in [6.07, 6.45) is 4.32. The summed E-state index contributed by atoms with van der Waals surface area (Å²) in [5, 5.41) is 2.85. The second-order valence-electron chi connectivity index (χ2n) is 9.64. The van der Waals surface area contributed by atoms with Gasteiger partial charge in [-0.2, -0.15) is 0 Å². The van der Waals surface area contributed by atoms with Crippen LogP contribution < -0.4 is 11.1 Å². The van der Waals surface area contributed by atoms with Gasteiger partial charge in [0.1, 0.15) is 5.60 Å². The number of carbonyl (C=O) groups is 2. The van der Waals surface area contributed by atoms with Gasteiger partial charge >= 0.3 is 6.09 Å². The maximum absolute atomic E-state index is 12.3. The van der Waals surface area contributed by atoms with E-state index in [2.05, 4.69) is 24.4 Å². The fourth-order valence-electron chi connectivity index (χ4n) is 5.25. The van der Waals surface area contributed by atoms with Gasteiger partial charge in [0, 0.05) is 11.1 Å². The number of carbonyl (C=O) groups excluding carboxylic acids is 2. The number of fused-ring (bicyclic) bond motifs is 3. The van der Waals surface area contributed by atoms with Crippen LogP contribution in [0, 0.1) is 11.3 Å². The first-order chi connectivity index (χ1) is 12.5. The first-order valence-corrected chi connectivity index (χ1v) is 9.89. The van der Waals surface area contributed by atoms with E-state index in [4.69, 9.17) is 10.5 Å². The highest BCUT2D eigenvalue weighted by atomic mass is 16.6. The molecule has 27 heavy (non-hydrogen) atoms. The third kappa shape index (κ3) is 3.56. The Bertz CT molecular complexity index is 767. The van der Waals surface area contributed by atoms with Crippen molar-refractivity contribution >= 4 is 17.7 Å². The number of hydrogen-bond acceptors (Lipinski definition) is 3. The van der Waals surface area contributed by atoms with Gasteiger partial charge in [0.2, 0.25) is 5.91 Å². The summed E-state index contributed by atoms with van der Waals surface area (Å²) in [4.78, 5) is 24.4. The molecule has 2 aliphatic carbocycles. The fourth-order valence-corrected chi connectivity index (χ4v) is 5.25. The third-order valence-corrected chi connectivity index (χ3v) is 6.57. The van der Waals surface area contributed by atoms with Crippen LogP contribution in [0.2, 0.25) is 0 Å². The highest BCUT2D eigenvalue weighted by molar-refractivity contribution is 5.85. The predicted molar refractivity (Wildman–Crippen MR) is 107 cm³/mol. The van der Waals surface area contributed by atoms with Crippen LogP contribution in [0.15, 0.2) is 18.2 Å². The highest BCUT2D eigenvalue weighted by Gasteiger charge is 2.54. The topological polar surface area (TPSA) is 81.4 Å². The van der Waals surface area contributed by atoms with Crippen molar-refractivity contribution < 1.29 is 14.3 Å². The Labute approximate surface area is 162 Å². The second-order valence-corrected chi connectivity index (χ2v) is 9.64. The number of aryl methyl sites for hydroxylation is 1. The minimum atomic E-state index is -0.540. The van der Waals surface area contributed by atoms with Gasteiger partial charge in [-0.1, -0.05) is 26.3 Å². The molecule has 0 aliphatic heterocycles. The lowest BCUT2D eigenvalue weighted by molar-refractivity contribution is -0.135. The smallest absolute Gasteiger partial charge is 0.412 e. The molecule has 3 N–H and O–H groups in total. The summed E-state index contributed by atoms with van der Waals surface area (Å²) in [6.45, 7) is 9.83. The van der Waals surface area contributed by atoms with Crippen molar-refractivity contribution in [2.45, 2.75) is 77.7 Å². The molecule has 1 fully saturated rings. The van der Waals surface area contributed by atoms with Gasteiger partial charge in [-0.05, 0) is 81.0 Å². The lowest BCUT2D eigenvalue weighted by Gasteiger charge is -2.54. The monoisotopic (exact) mass is 372 g/mol. The zero-order valence-electron chi connectivity index (χ0n) is 17.1. The largest absolute Gasteiger partial charge is 0.444 e. The standard InChI is InChI=1S/C22H32N2O3/c1-20(2,3)27-19(26)24-15-9-7-14-8-10-17-21(4,16(14)13-15)11-6-12-22(17,5)18(23)25/h7,9,13,17H,6,8,10-12H2,1-5H3,(H2,23,25)(H,24,26)/t17-,21?,22+/m1/s1. The van der Waals surface area contributed by atoms with Gasteiger partial charge in [0.25, 0.3) is 0 Å². The van der Waals surface area contributed by atoms with E-state index in [-0.39, 0.29) is 17.2 Å². The molecule has 148 valence electrons. The van der Waals surface area contributed by atoms with Crippen molar-refractivity contribution in [2.24, 2.45) is 17.1 Å². The van der Waals surface area contributed by atoms with E-state index in [9.17, 15) is 9.59 Å². The number of nitrogens with one attached hydrogen (secondary N) is 1. The zero-order valence-corrected chi connectivity index (χ0v) is 17.1. The Hall–Kier alpha value is -2.04. The molecule has 1 aromatic rings. The third-order valence-electron chi connectivity index (χ3n) is 6.57. The van der Waals surface area contributed by atoms with E-state index in [1.54, 1.807) is 0 Å². The van der Waals surface area contributed by atoms with Crippen LogP contribution in [0.3, 0.4) is 0 Å². The summed E-state index contributed by atoms with van der Waals surface area (Å²) >= 11 is 0. The molecule has 0 radical (unpaired) electrons. The highest BCUT2D eigenvalue weighted by Crippen LogP contribution is 2.57. The SMILES string of the molecule is CC(C)(C)OC(=O)Nc1ccc2c(c1)C1(C)CCC[C@](C)(C(N)=O)[C@@H]1CC2. The summed E-state index contributed by atoms with van der Waals surface area (Å²) in [5.41, 5.74) is 7.98. The van der Waals surface area contributed by atoms with Crippen molar-refractivity contribution in [1.29, 1.82) is 0 Å². The first kappa shape index (κ1) is 19.7. The molecule has 0 aromatic heterocycles. The van der Waals surface area contributed by atoms with E-state index < -0.39 is 17.1 Å². The molecule has 1 saturated carbocycles. The zero-order chi connectivity index (χ0) is 20.0. The number of anilines is 1. The number of primary amides is 1. The molecule has 0 saturated heterocycles. The summed E-state index contributed by atoms with van der Waals surface area (Å²) in [7, 11) is 0. The number of ether oxygens (including phenoxy) is 1. The molecule has 1 unspecified atom stereocenters. The second kappa shape index (κ2) is 6.54. The molecule has 5 heteroatoms. The Morgan fingerprint density at radius 3 is 2.56 bits per heavy atom. The maximum Gasteiger partial charge on any atom is 0.412 e. The van der Waals surface area contributed by atoms with Crippen molar-refractivity contribution in [3.63, 3.8) is 0 Å². The molecule has 0 heterocycles. The van der Waals surface area contributed by atoms with Crippen LogP contribution >= 0.6 is 0 Å². The van der Waals surface area contributed by atoms with Crippen LogP contribution in [0.25, 0.3) is 0 Å². The van der Waals surface area contributed by atoms with E-state index >= 15 is 0 Å². The maximum atomic E-state index is 12.3. The van der Waals surface area contributed by atoms with Crippen LogP contribution in [0.4, 0.5) is 10.5 Å². The van der Waals surface area contributed by atoms with Gasteiger partial charge in [-0.15, -0.1) is 0 Å². The summed E-state index contributed by atoms with van der Waals surface area (Å²) < 4.78 is 5.37. The van der Waals surface area contributed by atoms with Crippen molar-refractivity contribution in [3.8, 4) is 0 Å². The average molecular weight is 373 g/mol. The van der Waals surface area contributed by atoms with Gasteiger partial charge in [0.15, 0.2) is 0 Å². The molecule has 2 aliphatic rings. The number of rotatable bonds is 2. The first-order valence-electron chi connectivity index (χ1n) is 9.89. The van der Waals surface area contributed by atoms with Crippen LogP contribution in [-0.4, -0.2) is 17.6 Å². The molecular weight excluding hydrogens is 340 g/mol. The molecule has 1 aromatic carbocycles. The van der Waals surface area contributed by atoms with E-state index in [1.807, 2.05) is 33.8 Å². The van der Waals surface area contributed by atoms with E-state index in [0.717, 1.165) is 37.8 Å². The van der Waals surface area contributed by atoms with Crippen molar-refractivity contribution in [2.75, 3.05) is 5.32 Å². The van der Waals surface area contributed by atoms with Crippen LogP contribution in [-0.2, 0) is 21.4 Å².